The van der Waals surface area contributed by atoms with Crippen molar-refractivity contribution >= 4 is 13.8 Å². The Kier molecular flexibility index (Phi) is 6.73. The molecule has 0 radical (unpaired) electrons. The molecule has 0 heterocycles. The number of ether oxygens (including phenoxy) is 1. The summed E-state index contributed by atoms with van der Waals surface area (Å²) in [6, 6.07) is 0. The van der Waals surface area contributed by atoms with Gasteiger partial charge in [0.25, 0.3) is 0 Å². The van der Waals surface area contributed by atoms with Crippen LogP contribution in [0.4, 0.5) is 0 Å². The van der Waals surface area contributed by atoms with E-state index in [9.17, 15) is 9.36 Å². The smallest absolute Gasteiger partial charge is 0.344 e. The second-order valence-corrected chi connectivity index (χ2v) is 4.95. The molecule has 0 fully saturated rings. The van der Waals surface area contributed by atoms with E-state index in [1.165, 1.54) is 0 Å². The summed E-state index contributed by atoms with van der Waals surface area (Å²) < 4.78 is 16.4. The lowest BCUT2D eigenvalue weighted by atomic mass is 10.3. The van der Waals surface area contributed by atoms with Crippen LogP contribution in [0, 0.1) is 0 Å². The van der Waals surface area contributed by atoms with Gasteiger partial charge in [-0.1, -0.05) is 4.57 Å². The van der Waals surface area contributed by atoms with E-state index >= 15 is 0 Å². The highest BCUT2D eigenvalue weighted by atomic mass is 31.1. The number of carboxylic acids is 1. The van der Waals surface area contributed by atoms with Gasteiger partial charge in [0.1, 0.15) is 0 Å². The third kappa shape index (κ3) is 6.67. The SMILES string of the molecule is CCOCC[P+](=O)C(C)CC(=O)O. The normalized spacial score (nSPS) is 13.8. The highest BCUT2D eigenvalue weighted by molar-refractivity contribution is 7.45. The van der Waals surface area contributed by atoms with Gasteiger partial charge in [0.15, 0.2) is 11.8 Å². The summed E-state index contributed by atoms with van der Waals surface area (Å²) in [4.78, 5) is 10.3. The molecule has 0 spiro atoms. The maximum absolute atomic E-state index is 11.4. The largest absolute Gasteiger partial charge is 0.481 e. The standard InChI is InChI=1S/C8H15O4P/c1-3-12-4-5-13(11)7(2)6-8(9)10/h7H,3-6H2,1-2H3/p+1. The Morgan fingerprint density at radius 2 is 2.23 bits per heavy atom. The van der Waals surface area contributed by atoms with Gasteiger partial charge < -0.3 is 9.84 Å². The van der Waals surface area contributed by atoms with Crippen molar-refractivity contribution in [3.05, 3.63) is 0 Å². The molecule has 0 aromatic rings. The summed E-state index contributed by atoms with van der Waals surface area (Å²) in [6.45, 7) is 4.62. The van der Waals surface area contributed by atoms with Gasteiger partial charge in [0.05, 0.1) is 13.0 Å². The first-order valence-electron chi connectivity index (χ1n) is 4.31. The Morgan fingerprint density at radius 3 is 2.69 bits per heavy atom. The fourth-order valence-corrected chi connectivity index (χ4v) is 1.98. The van der Waals surface area contributed by atoms with Crippen molar-refractivity contribution in [1.82, 2.24) is 0 Å². The van der Waals surface area contributed by atoms with Gasteiger partial charge in [0.2, 0.25) is 0 Å². The van der Waals surface area contributed by atoms with E-state index in [4.69, 9.17) is 9.84 Å². The van der Waals surface area contributed by atoms with Gasteiger partial charge in [0, 0.05) is 6.61 Å². The van der Waals surface area contributed by atoms with Gasteiger partial charge in [-0.05, 0) is 13.8 Å². The quantitative estimate of drug-likeness (QED) is 0.510. The lowest BCUT2D eigenvalue weighted by Gasteiger charge is -1.97. The minimum Gasteiger partial charge on any atom is -0.481 e. The molecule has 0 aromatic carbocycles. The van der Waals surface area contributed by atoms with Crippen molar-refractivity contribution in [2.45, 2.75) is 25.9 Å². The molecule has 0 aromatic heterocycles. The zero-order valence-electron chi connectivity index (χ0n) is 8.02. The van der Waals surface area contributed by atoms with Crippen molar-refractivity contribution in [2.24, 2.45) is 0 Å². The van der Waals surface area contributed by atoms with Crippen LogP contribution in [-0.4, -0.2) is 36.1 Å². The first-order valence-corrected chi connectivity index (χ1v) is 5.82. The van der Waals surface area contributed by atoms with Crippen LogP contribution < -0.4 is 0 Å². The van der Waals surface area contributed by atoms with Crippen LogP contribution in [0.3, 0.4) is 0 Å². The molecule has 13 heavy (non-hydrogen) atoms. The monoisotopic (exact) mass is 207 g/mol. The molecule has 0 saturated carbocycles. The molecule has 1 N–H and O–H groups in total. The fraction of sp³-hybridized carbons (Fsp3) is 0.875. The van der Waals surface area contributed by atoms with Crippen LogP contribution in [0.5, 0.6) is 0 Å². The molecule has 76 valence electrons. The van der Waals surface area contributed by atoms with E-state index in [0.29, 0.717) is 19.4 Å². The minimum atomic E-state index is -1.44. The van der Waals surface area contributed by atoms with Crippen LogP contribution >= 0.6 is 7.80 Å². The number of carboxylic acid groups (broad SMARTS) is 1. The molecule has 0 amide bonds. The van der Waals surface area contributed by atoms with Crippen LogP contribution in [0.15, 0.2) is 0 Å². The summed E-state index contributed by atoms with van der Waals surface area (Å²) in [7, 11) is -1.44. The highest BCUT2D eigenvalue weighted by Crippen LogP contribution is 2.29. The van der Waals surface area contributed by atoms with E-state index < -0.39 is 13.8 Å². The molecular formula is C8H16O4P+. The molecule has 0 aliphatic rings. The van der Waals surface area contributed by atoms with E-state index in [-0.39, 0.29) is 12.1 Å². The number of hydrogen-bond acceptors (Lipinski definition) is 3. The molecule has 2 atom stereocenters. The molecule has 0 rings (SSSR count). The third-order valence-corrected chi connectivity index (χ3v) is 3.41. The van der Waals surface area contributed by atoms with Gasteiger partial charge >= 0.3 is 13.8 Å². The summed E-state index contributed by atoms with van der Waals surface area (Å²) in [5, 5.41) is 8.44. The maximum Gasteiger partial charge on any atom is 0.344 e. The Bertz CT molecular complexity index is 181. The summed E-state index contributed by atoms with van der Waals surface area (Å²) in [5.74, 6) is -0.896. The number of rotatable bonds is 7. The molecule has 4 nitrogen and oxygen atoms in total. The average Bonchev–Trinajstić information content (AvgIpc) is 2.03. The molecule has 0 aliphatic heterocycles. The summed E-state index contributed by atoms with van der Waals surface area (Å²) >= 11 is 0. The number of carbonyl (C=O) groups is 1. The first kappa shape index (κ1) is 12.5. The average molecular weight is 207 g/mol. The van der Waals surface area contributed by atoms with E-state index in [1.54, 1.807) is 6.92 Å². The Morgan fingerprint density at radius 1 is 1.62 bits per heavy atom. The van der Waals surface area contributed by atoms with Gasteiger partial charge in [-0.2, -0.15) is 0 Å². The Balaban J connectivity index is 3.63. The van der Waals surface area contributed by atoms with Crippen LogP contribution in [-0.2, 0) is 14.1 Å². The summed E-state index contributed by atoms with van der Waals surface area (Å²) in [6.07, 6.45) is 0.430. The molecule has 0 aliphatic carbocycles. The number of aliphatic carboxylic acids is 1. The van der Waals surface area contributed by atoms with E-state index in [2.05, 4.69) is 0 Å². The lowest BCUT2D eigenvalue weighted by Crippen LogP contribution is -2.08. The molecule has 5 heteroatoms. The van der Waals surface area contributed by atoms with Gasteiger partial charge in [-0.25, -0.2) is 0 Å². The highest BCUT2D eigenvalue weighted by Gasteiger charge is 2.27. The first-order chi connectivity index (χ1) is 6.07. The second-order valence-electron chi connectivity index (χ2n) is 2.78. The third-order valence-electron chi connectivity index (χ3n) is 1.62. The molecule has 2 unspecified atom stereocenters. The second kappa shape index (κ2) is 6.98. The van der Waals surface area contributed by atoms with Gasteiger partial charge in [-0.3, -0.25) is 4.79 Å². The van der Waals surface area contributed by atoms with Crippen molar-refractivity contribution in [3.8, 4) is 0 Å². The predicted molar refractivity (Wildman–Crippen MR) is 50.7 cm³/mol. The minimum absolute atomic E-state index is 0.0265. The van der Waals surface area contributed by atoms with Crippen LogP contribution in [0.2, 0.25) is 0 Å². The lowest BCUT2D eigenvalue weighted by molar-refractivity contribution is -0.136. The topological polar surface area (TPSA) is 63.6 Å². The van der Waals surface area contributed by atoms with Gasteiger partial charge in [-0.15, -0.1) is 0 Å². The molecule has 0 saturated heterocycles. The molecular weight excluding hydrogens is 191 g/mol. The Labute approximate surface area is 79.1 Å². The van der Waals surface area contributed by atoms with Crippen molar-refractivity contribution in [1.29, 1.82) is 0 Å². The zero-order chi connectivity index (χ0) is 10.3. The fourth-order valence-electron chi connectivity index (χ4n) is 0.874. The zero-order valence-corrected chi connectivity index (χ0v) is 8.92. The summed E-state index contributed by atoms with van der Waals surface area (Å²) in [5.41, 5.74) is -0.257. The predicted octanol–water partition coefficient (Wildman–Crippen LogP) is 1.71. The van der Waals surface area contributed by atoms with Crippen molar-refractivity contribution in [3.63, 3.8) is 0 Å². The maximum atomic E-state index is 11.4. The van der Waals surface area contributed by atoms with Crippen LogP contribution in [0.25, 0.3) is 0 Å². The Hall–Kier alpha value is -0.470. The number of hydrogen-bond donors (Lipinski definition) is 1. The van der Waals surface area contributed by atoms with E-state index in [1.807, 2.05) is 6.92 Å². The van der Waals surface area contributed by atoms with Crippen LogP contribution in [0.1, 0.15) is 20.3 Å². The van der Waals surface area contributed by atoms with E-state index in [0.717, 1.165) is 0 Å². The molecule has 0 bridgehead atoms. The van der Waals surface area contributed by atoms with Crippen molar-refractivity contribution in [2.75, 3.05) is 19.4 Å². The van der Waals surface area contributed by atoms with Crippen molar-refractivity contribution < 1.29 is 19.2 Å².